The van der Waals surface area contributed by atoms with E-state index in [9.17, 15) is 0 Å². The first-order valence-corrected chi connectivity index (χ1v) is 15.7. The van der Waals surface area contributed by atoms with Crippen molar-refractivity contribution in [1.29, 1.82) is 0 Å². The van der Waals surface area contributed by atoms with Gasteiger partial charge in [-0.05, 0) is 101 Å². The lowest BCUT2D eigenvalue weighted by atomic mass is 9.95. The van der Waals surface area contributed by atoms with Gasteiger partial charge in [-0.1, -0.05) is 121 Å². The quantitative estimate of drug-likeness (QED) is 0.190. The summed E-state index contributed by atoms with van der Waals surface area (Å²) in [5.41, 5.74) is 4.78. The van der Waals surface area contributed by atoms with Crippen LogP contribution < -0.4 is 0 Å². The van der Waals surface area contributed by atoms with Gasteiger partial charge in [0.25, 0.3) is 0 Å². The first kappa shape index (κ1) is 25.2. The Labute approximate surface area is 265 Å². The van der Waals surface area contributed by atoms with Gasteiger partial charge in [-0.15, -0.1) is 0 Å². The molecule has 0 saturated carbocycles. The van der Waals surface area contributed by atoms with E-state index in [1.54, 1.807) is 0 Å². The monoisotopic (exact) mass is 582 g/mol. The minimum Gasteiger partial charge on any atom is -0.228 e. The lowest BCUT2D eigenvalue weighted by Gasteiger charge is -2.11. The summed E-state index contributed by atoms with van der Waals surface area (Å²) in [7, 11) is 0. The molecular weight excluding hydrogens is 556 g/mol. The molecule has 0 unspecified atom stereocenters. The minimum atomic E-state index is 0.754. The molecule has 0 N–H and O–H groups in total. The summed E-state index contributed by atoms with van der Waals surface area (Å²) in [4.78, 5) is 10.2. The highest BCUT2D eigenvalue weighted by molar-refractivity contribution is 6.21. The average molecular weight is 583 g/mol. The van der Waals surface area contributed by atoms with Crippen LogP contribution in [0.5, 0.6) is 0 Å². The molecule has 0 aliphatic rings. The van der Waals surface area contributed by atoms with Crippen LogP contribution in [0, 0.1) is 0 Å². The molecule has 0 radical (unpaired) electrons. The molecule has 0 aliphatic heterocycles. The van der Waals surface area contributed by atoms with Crippen LogP contribution in [0.1, 0.15) is 0 Å². The second-order valence-electron chi connectivity index (χ2n) is 12.2. The molecule has 46 heavy (non-hydrogen) atoms. The summed E-state index contributed by atoms with van der Waals surface area (Å²) in [6.07, 6.45) is 0. The van der Waals surface area contributed by atoms with Crippen LogP contribution in [-0.4, -0.2) is 9.97 Å². The van der Waals surface area contributed by atoms with Gasteiger partial charge in [0, 0.05) is 16.5 Å². The number of benzene rings is 8. The number of pyridine rings is 2. The number of rotatable bonds is 2. The Bertz CT molecular complexity index is 2670. The van der Waals surface area contributed by atoms with Crippen molar-refractivity contribution in [3.63, 3.8) is 0 Å². The van der Waals surface area contributed by atoms with E-state index in [1.165, 1.54) is 64.6 Å². The third-order valence-corrected chi connectivity index (χ3v) is 9.59. The molecule has 0 aliphatic carbocycles. The van der Waals surface area contributed by atoms with Crippen molar-refractivity contribution in [3.8, 4) is 22.5 Å². The van der Waals surface area contributed by atoms with Gasteiger partial charge in [0.05, 0.1) is 11.4 Å². The summed E-state index contributed by atoms with van der Waals surface area (Å²) in [5, 5.41) is 16.2. The normalized spacial score (nSPS) is 11.9. The smallest absolute Gasteiger partial charge is 0.160 e. The molecule has 8 aromatic carbocycles. The third-order valence-electron chi connectivity index (χ3n) is 9.59. The Kier molecular flexibility index (Phi) is 5.31. The third kappa shape index (κ3) is 3.84. The second-order valence-corrected chi connectivity index (χ2v) is 12.2. The number of hydrogen-bond acceptors (Lipinski definition) is 2. The van der Waals surface area contributed by atoms with Crippen molar-refractivity contribution in [2.24, 2.45) is 0 Å². The van der Waals surface area contributed by atoms with Gasteiger partial charge in [-0.3, -0.25) is 0 Å². The standard InChI is InChI=1S/C44H26N2/c1-3-7-36-27(5-1)9-11-29-13-15-32-25-34(17-21-38(32)42(29)36)40-23-19-31-20-24-41(46-44(31)45-40)35-18-22-39-33(26-35)16-14-30-12-10-28-6-2-4-8-37(28)43(30)39/h1-26H. The number of aromatic nitrogens is 2. The Morgan fingerprint density at radius 3 is 1.17 bits per heavy atom. The molecule has 10 rings (SSSR count). The Morgan fingerprint density at radius 1 is 0.283 bits per heavy atom. The van der Waals surface area contributed by atoms with Crippen molar-refractivity contribution in [3.05, 3.63) is 158 Å². The summed E-state index contributed by atoms with van der Waals surface area (Å²) < 4.78 is 0. The zero-order chi connectivity index (χ0) is 30.2. The van der Waals surface area contributed by atoms with E-state index < -0.39 is 0 Å². The molecule has 0 atom stereocenters. The highest BCUT2D eigenvalue weighted by Gasteiger charge is 2.11. The van der Waals surface area contributed by atoms with Crippen molar-refractivity contribution in [1.82, 2.24) is 9.97 Å². The second kappa shape index (κ2) is 9.69. The van der Waals surface area contributed by atoms with Crippen molar-refractivity contribution in [2.75, 3.05) is 0 Å². The highest BCUT2D eigenvalue weighted by Crippen LogP contribution is 2.36. The van der Waals surface area contributed by atoms with E-state index in [4.69, 9.17) is 9.97 Å². The van der Waals surface area contributed by atoms with E-state index in [0.29, 0.717) is 0 Å². The maximum absolute atomic E-state index is 5.08. The van der Waals surface area contributed by atoms with Crippen LogP contribution in [0.25, 0.3) is 98.2 Å². The fourth-order valence-corrected chi connectivity index (χ4v) is 7.31. The maximum atomic E-state index is 5.08. The molecule has 0 bridgehead atoms. The molecule has 212 valence electrons. The van der Waals surface area contributed by atoms with Gasteiger partial charge >= 0.3 is 0 Å². The van der Waals surface area contributed by atoms with Crippen LogP contribution in [-0.2, 0) is 0 Å². The number of nitrogens with zero attached hydrogens (tertiary/aromatic N) is 2. The molecule has 0 spiro atoms. The van der Waals surface area contributed by atoms with Gasteiger partial charge in [-0.2, -0.15) is 0 Å². The van der Waals surface area contributed by atoms with Crippen LogP contribution in [0.15, 0.2) is 158 Å². The lowest BCUT2D eigenvalue weighted by molar-refractivity contribution is 1.29. The lowest BCUT2D eigenvalue weighted by Crippen LogP contribution is -1.91. The molecule has 2 heterocycles. The molecule has 0 amide bonds. The molecule has 2 aromatic heterocycles. The van der Waals surface area contributed by atoms with Crippen molar-refractivity contribution in [2.45, 2.75) is 0 Å². The largest absolute Gasteiger partial charge is 0.228 e. The first-order valence-electron chi connectivity index (χ1n) is 15.7. The van der Waals surface area contributed by atoms with Gasteiger partial charge in [0.1, 0.15) is 0 Å². The summed E-state index contributed by atoms with van der Waals surface area (Å²) >= 11 is 0. The van der Waals surface area contributed by atoms with Gasteiger partial charge in [0.2, 0.25) is 0 Å². The number of fused-ring (bicyclic) bond motifs is 11. The predicted octanol–water partition coefficient (Wildman–Crippen LogP) is 11.9. The van der Waals surface area contributed by atoms with E-state index >= 15 is 0 Å². The van der Waals surface area contributed by atoms with Gasteiger partial charge < -0.3 is 0 Å². The fraction of sp³-hybridized carbons (Fsp3) is 0. The Hall–Kier alpha value is -6.12. The molecule has 2 nitrogen and oxygen atoms in total. The van der Waals surface area contributed by atoms with E-state index in [0.717, 1.165) is 33.5 Å². The molecular formula is C44H26N2. The first-order chi connectivity index (χ1) is 22.8. The van der Waals surface area contributed by atoms with E-state index in [2.05, 4.69) is 158 Å². The number of hydrogen-bond donors (Lipinski definition) is 0. The summed E-state index contributed by atoms with van der Waals surface area (Å²) in [5.74, 6) is 0. The summed E-state index contributed by atoms with van der Waals surface area (Å²) in [6.45, 7) is 0. The van der Waals surface area contributed by atoms with Gasteiger partial charge in [0.15, 0.2) is 5.65 Å². The van der Waals surface area contributed by atoms with E-state index in [1.807, 2.05) is 0 Å². The van der Waals surface area contributed by atoms with Crippen LogP contribution >= 0.6 is 0 Å². The minimum absolute atomic E-state index is 0.754. The Morgan fingerprint density at radius 2 is 0.674 bits per heavy atom. The van der Waals surface area contributed by atoms with Crippen molar-refractivity contribution < 1.29 is 0 Å². The van der Waals surface area contributed by atoms with Crippen LogP contribution in [0.4, 0.5) is 0 Å². The Balaban J connectivity index is 1.07. The van der Waals surface area contributed by atoms with Crippen LogP contribution in [0.3, 0.4) is 0 Å². The van der Waals surface area contributed by atoms with Crippen LogP contribution in [0.2, 0.25) is 0 Å². The average Bonchev–Trinajstić information content (AvgIpc) is 3.13. The molecule has 0 fully saturated rings. The summed E-state index contributed by atoms with van der Waals surface area (Å²) in [6, 6.07) is 56.9. The zero-order valence-corrected chi connectivity index (χ0v) is 24.9. The molecule has 10 aromatic rings. The van der Waals surface area contributed by atoms with Gasteiger partial charge in [-0.25, -0.2) is 9.97 Å². The molecule has 0 saturated heterocycles. The topological polar surface area (TPSA) is 25.8 Å². The van der Waals surface area contributed by atoms with E-state index in [-0.39, 0.29) is 0 Å². The molecule has 2 heteroatoms. The fourth-order valence-electron chi connectivity index (χ4n) is 7.31. The highest BCUT2D eigenvalue weighted by atomic mass is 14.9. The van der Waals surface area contributed by atoms with Crippen molar-refractivity contribution >= 4 is 75.7 Å². The predicted molar refractivity (Wildman–Crippen MR) is 195 cm³/mol. The SMILES string of the molecule is c1ccc2c(c1)ccc1ccc3cc(-c4ccc5ccc(-c6ccc7c(ccc8ccc9ccccc9c87)c6)nc5n4)ccc3c12. The zero-order valence-electron chi connectivity index (χ0n) is 24.9. The maximum Gasteiger partial charge on any atom is 0.160 e.